The van der Waals surface area contributed by atoms with Crippen molar-refractivity contribution in [3.63, 3.8) is 0 Å². The largest absolute Gasteiger partial charge is 0.395 e. The van der Waals surface area contributed by atoms with Crippen molar-refractivity contribution in [2.75, 3.05) is 6.61 Å². The summed E-state index contributed by atoms with van der Waals surface area (Å²) in [6, 6.07) is 7.30. The maximum atomic E-state index is 8.72. The summed E-state index contributed by atoms with van der Waals surface area (Å²) in [6.45, 7) is -0.00871. The first-order valence-corrected chi connectivity index (χ1v) is 4.21. The minimum atomic E-state index is -0.218. The third-order valence-electron chi connectivity index (χ3n) is 1.67. The maximum Gasteiger partial charge on any atom is 0.0585 e. The van der Waals surface area contributed by atoms with Crippen molar-refractivity contribution in [1.29, 1.82) is 0 Å². The summed E-state index contributed by atoms with van der Waals surface area (Å²) >= 11 is 5.89. The maximum absolute atomic E-state index is 8.72. The van der Waals surface area contributed by atoms with E-state index in [1.54, 1.807) is 0 Å². The van der Waals surface area contributed by atoms with Gasteiger partial charge in [-0.05, 0) is 18.1 Å². The van der Waals surface area contributed by atoms with Crippen molar-refractivity contribution < 1.29 is 5.11 Å². The first-order valence-electron chi connectivity index (χ1n) is 3.84. The molecule has 4 heteroatoms. The molecule has 3 N–H and O–H groups in total. The van der Waals surface area contributed by atoms with E-state index >= 15 is 0 Å². The van der Waals surface area contributed by atoms with E-state index in [4.69, 9.17) is 22.4 Å². The Morgan fingerprint density at radius 3 is 2.54 bits per heavy atom. The zero-order valence-corrected chi connectivity index (χ0v) is 8.68. The molecule has 0 aliphatic carbocycles. The van der Waals surface area contributed by atoms with Gasteiger partial charge >= 0.3 is 0 Å². The minimum absolute atomic E-state index is 0. The molecular formula is C9H13Cl2NO. The van der Waals surface area contributed by atoms with E-state index in [-0.39, 0.29) is 25.1 Å². The van der Waals surface area contributed by atoms with E-state index in [9.17, 15) is 0 Å². The Hall–Kier alpha value is -0.280. The number of hydrogen-bond donors (Lipinski definition) is 2. The molecule has 0 heterocycles. The van der Waals surface area contributed by atoms with Crippen LogP contribution in [0.5, 0.6) is 0 Å². The first-order chi connectivity index (χ1) is 5.74. The lowest BCUT2D eigenvalue weighted by molar-refractivity contribution is 0.265. The summed E-state index contributed by atoms with van der Waals surface area (Å²) in [5.74, 6) is 0. The summed E-state index contributed by atoms with van der Waals surface area (Å²) in [5, 5.41) is 9.43. The number of hydrogen-bond acceptors (Lipinski definition) is 2. The zero-order chi connectivity index (χ0) is 8.97. The number of aliphatic hydroxyl groups excluding tert-OH is 1. The Kier molecular flexibility index (Phi) is 6.08. The van der Waals surface area contributed by atoms with Gasteiger partial charge in [-0.1, -0.05) is 29.8 Å². The number of aliphatic hydroxyl groups is 1. The highest BCUT2D eigenvalue weighted by atomic mass is 35.5. The molecule has 1 atom stereocenters. The standard InChI is InChI=1S/C9H12ClNO.ClH/c10-9-4-2-1-3-7(9)5-8(11)6-12;/h1-4,8,12H,5-6,11H2;1H. The van der Waals surface area contributed by atoms with Crippen molar-refractivity contribution in [3.8, 4) is 0 Å². The number of rotatable bonds is 3. The van der Waals surface area contributed by atoms with Crippen LogP contribution in [-0.4, -0.2) is 17.8 Å². The molecule has 1 aromatic carbocycles. The van der Waals surface area contributed by atoms with Crippen LogP contribution in [0.2, 0.25) is 5.02 Å². The molecule has 2 nitrogen and oxygen atoms in total. The van der Waals surface area contributed by atoms with Crippen molar-refractivity contribution in [1.82, 2.24) is 0 Å². The molecule has 0 aliphatic heterocycles. The van der Waals surface area contributed by atoms with Gasteiger partial charge in [-0.2, -0.15) is 0 Å². The molecule has 0 bridgehead atoms. The summed E-state index contributed by atoms with van der Waals surface area (Å²) in [7, 11) is 0. The van der Waals surface area contributed by atoms with E-state index in [1.165, 1.54) is 0 Å². The molecule has 1 unspecified atom stereocenters. The highest BCUT2D eigenvalue weighted by Crippen LogP contribution is 2.15. The quantitative estimate of drug-likeness (QED) is 0.816. The summed E-state index contributed by atoms with van der Waals surface area (Å²) < 4.78 is 0. The van der Waals surface area contributed by atoms with Gasteiger partial charge in [-0.15, -0.1) is 12.4 Å². The monoisotopic (exact) mass is 221 g/mol. The van der Waals surface area contributed by atoms with E-state index in [0.717, 1.165) is 5.56 Å². The summed E-state index contributed by atoms with van der Waals surface area (Å²) in [6.07, 6.45) is 0.621. The molecule has 0 saturated carbocycles. The molecule has 0 spiro atoms. The van der Waals surface area contributed by atoms with Crippen LogP contribution in [-0.2, 0) is 6.42 Å². The number of benzene rings is 1. The lowest BCUT2D eigenvalue weighted by Gasteiger charge is -2.08. The summed E-state index contributed by atoms with van der Waals surface area (Å²) in [5.41, 5.74) is 6.55. The van der Waals surface area contributed by atoms with E-state index in [2.05, 4.69) is 0 Å². The lowest BCUT2D eigenvalue weighted by Crippen LogP contribution is -2.26. The van der Waals surface area contributed by atoms with Crippen LogP contribution in [0.4, 0.5) is 0 Å². The van der Waals surface area contributed by atoms with Crippen LogP contribution in [0.25, 0.3) is 0 Å². The topological polar surface area (TPSA) is 46.2 Å². The predicted molar refractivity (Wildman–Crippen MR) is 57.5 cm³/mol. The Morgan fingerprint density at radius 1 is 1.38 bits per heavy atom. The van der Waals surface area contributed by atoms with Crippen molar-refractivity contribution in [2.45, 2.75) is 12.5 Å². The second kappa shape index (κ2) is 6.22. The van der Waals surface area contributed by atoms with Crippen molar-refractivity contribution >= 4 is 24.0 Å². The van der Waals surface area contributed by atoms with Gasteiger partial charge in [0.2, 0.25) is 0 Å². The van der Waals surface area contributed by atoms with Gasteiger partial charge in [0.1, 0.15) is 0 Å². The van der Waals surface area contributed by atoms with Crippen LogP contribution in [0.3, 0.4) is 0 Å². The van der Waals surface area contributed by atoms with Gasteiger partial charge < -0.3 is 10.8 Å². The Balaban J connectivity index is 0.00000144. The third kappa shape index (κ3) is 3.96. The van der Waals surface area contributed by atoms with Crippen molar-refractivity contribution in [3.05, 3.63) is 34.9 Å². The molecule has 1 aromatic rings. The van der Waals surface area contributed by atoms with Crippen LogP contribution in [0, 0.1) is 0 Å². The average Bonchev–Trinajstić information content (AvgIpc) is 2.09. The van der Waals surface area contributed by atoms with Crippen LogP contribution >= 0.6 is 24.0 Å². The highest BCUT2D eigenvalue weighted by molar-refractivity contribution is 6.31. The fourth-order valence-corrected chi connectivity index (χ4v) is 1.22. The van der Waals surface area contributed by atoms with Crippen LogP contribution in [0.15, 0.2) is 24.3 Å². The van der Waals surface area contributed by atoms with E-state index in [0.29, 0.717) is 11.4 Å². The fraction of sp³-hybridized carbons (Fsp3) is 0.333. The molecule has 1 rings (SSSR count). The van der Waals surface area contributed by atoms with Gasteiger partial charge in [-0.25, -0.2) is 0 Å². The predicted octanol–water partition coefficient (Wildman–Crippen LogP) is 1.62. The smallest absolute Gasteiger partial charge is 0.0585 e. The Morgan fingerprint density at radius 2 is 2.00 bits per heavy atom. The molecular weight excluding hydrogens is 209 g/mol. The van der Waals surface area contributed by atoms with E-state index < -0.39 is 0 Å². The van der Waals surface area contributed by atoms with Gasteiger partial charge in [-0.3, -0.25) is 0 Å². The van der Waals surface area contributed by atoms with Crippen molar-refractivity contribution in [2.24, 2.45) is 5.73 Å². The second-order valence-corrected chi connectivity index (χ2v) is 3.15. The Bertz CT molecular complexity index is 255. The molecule has 0 aromatic heterocycles. The van der Waals surface area contributed by atoms with Gasteiger partial charge in [0.05, 0.1) is 6.61 Å². The first kappa shape index (κ1) is 12.7. The lowest BCUT2D eigenvalue weighted by atomic mass is 10.1. The normalized spacial score (nSPS) is 11.9. The molecule has 0 saturated heterocycles. The SMILES string of the molecule is Cl.NC(CO)Cc1ccccc1Cl. The third-order valence-corrected chi connectivity index (χ3v) is 2.04. The molecule has 0 amide bonds. The number of nitrogens with two attached hydrogens (primary N) is 1. The van der Waals surface area contributed by atoms with E-state index in [1.807, 2.05) is 24.3 Å². The average molecular weight is 222 g/mol. The van der Waals surface area contributed by atoms with Gasteiger partial charge in [0.25, 0.3) is 0 Å². The summed E-state index contributed by atoms with van der Waals surface area (Å²) in [4.78, 5) is 0. The van der Waals surface area contributed by atoms with Gasteiger partial charge in [0, 0.05) is 11.1 Å². The minimum Gasteiger partial charge on any atom is -0.395 e. The second-order valence-electron chi connectivity index (χ2n) is 2.74. The molecule has 0 aliphatic rings. The highest BCUT2D eigenvalue weighted by Gasteiger charge is 2.04. The molecule has 0 fully saturated rings. The zero-order valence-electron chi connectivity index (χ0n) is 7.11. The Labute approximate surface area is 89.1 Å². The number of halogens is 2. The van der Waals surface area contributed by atoms with Crippen LogP contribution < -0.4 is 5.73 Å². The van der Waals surface area contributed by atoms with Crippen LogP contribution in [0.1, 0.15) is 5.56 Å². The molecule has 0 radical (unpaired) electrons. The van der Waals surface area contributed by atoms with Gasteiger partial charge in [0.15, 0.2) is 0 Å². The molecule has 74 valence electrons. The molecule has 13 heavy (non-hydrogen) atoms. The fourth-order valence-electron chi connectivity index (χ4n) is 1.01.